The van der Waals surface area contributed by atoms with Crippen LogP contribution >= 0.6 is 0 Å². The number of carbonyl (C=O) groups is 2. The fourth-order valence-corrected chi connectivity index (χ4v) is 1.79. The maximum Gasteiger partial charge on any atom is 0.379 e. The predicted octanol–water partition coefficient (Wildman–Crippen LogP) is 1.38. The molecule has 0 saturated heterocycles. The first-order chi connectivity index (χ1) is 7.84. The number of rotatable bonds is 2. The Labute approximate surface area is 95.5 Å². The molecule has 0 aliphatic carbocycles. The number of alkyl halides is 2. The lowest BCUT2D eigenvalue weighted by Crippen LogP contribution is -2.25. The maximum atomic E-state index is 13.2. The second-order valence-electron chi connectivity index (χ2n) is 3.85. The van der Waals surface area contributed by atoms with Crippen LogP contribution < -0.4 is 4.90 Å². The van der Waals surface area contributed by atoms with Crippen molar-refractivity contribution in [1.29, 1.82) is 0 Å². The molecule has 90 valence electrons. The van der Waals surface area contributed by atoms with Crippen molar-refractivity contribution < 1.29 is 23.5 Å². The highest BCUT2D eigenvalue weighted by Crippen LogP contribution is 2.34. The van der Waals surface area contributed by atoms with Gasteiger partial charge in [0.1, 0.15) is 0 Å². The van der Waals surface area contributed by atoms with Gasteiger partial charge >= 0.3 is 11.9 Å². The minimum Gasteiger partial charge on any atom is -0.477 e. The summed E-state index contributed by atoms with van der Waals surface area (Å²) >= 11 is 0. The van der Waals surface area contributed by atoms with E-state index in [2.05, 4.69) is 0 Å². The number of hydrogen-bond donors (Lipinski definition) is 1. The number of anilines is 1. The first-order valence-electron chi connectivity index (χ1n) is 4.85. The number of carboxylic acid groups (broad SMARTS) is 1. The van der Waals surface area contributed by atoms with Crippen molar-refractivity contribution >= 4 is 17.6 Å². The Morgan fingerprint density at radius 1 is 1.47 bits per heavy atom. The summed E-state index contributed by atoms with van der Waals surface area (Å²) in [6.45, 7) is 0. The smallest absolute Gasteiger partial charge is 0.379 e. The van der Waals surface area contributed by atoms with Crippen LogP contribution in [-0.2, 0) is 21.9 Å². The molecule has 1 N–H and O–H groups in total. The zero-order valence-corrected chi connectivity index (χ0v) is 8.91. The largest absolute Gasteiger partial charge is 0.477 e. The third-order valence-corrected chi connectivity index (χ3v) is 2.79. The number of carbonyl (C=O) groups excluding carboxylic acids is 1. The molecule has 0 atom stereocenters. The van der Waals surface area contributed by atoms with Gasteiger partial charge in [0.15, 0.2) is 0 Å². The summed E-state index contributed by atoms with van der Waals surface area (Å²) in [6.07, 6.45) is 0.0232. The summed E-state index contributed by atoms with van der Waals surface area (Å²) < 4.78 is 26.5. The van der Waals surface area contributed by atoms with Crippen molar-refractivity contribution in [2.24, 2.45) is 0 Å². The van der Waals surface area contributed by atoms with Crippen molar-refractivity contribution in [1.82, 2.24) is 0 Å². The molecule has 4 nitrogen and oxygen atoms in total. The summed E-state index contributed by atoms with van der Waals surface area (Å²) in [4.78, 5) is 23.1. The fourth-order valence-electron chi connectivity index (χ4n) is 1.79. The predicted molar refractivity (Wildman–Crippen MR) is 55.1 cm³/mol. The molecule has 1 heterocycles. The Hall–Kier alpha value is -1.98. The molecule has 0 saturated carbocycles. The molecule has 1 aromatic carbocycles. The van der Waals surface area contributed by atoms with Gasteiger partial charge in [-0.1, -0.05) is 6.07 Å². The number of aliphatic carboxylic acids is 1. The molecule has 1 aromatic rings. The lowest BCUT2D eigenvalue weighted by atomic mass is 10.0. The molecule has 2 rings (SSSR count). The minimum atomic E-state index is -3.93. The van der Waals surface area contributed by atoms with Crippen LogP contribution in [0.15, 0.2) is 18.2 Å². The number of hydrogen-bond acceptors (Lipinski definition) is 2. The lowest BCUT2D eigenvalue weighted by Gasteiger charge is -2.14. The van der Waals surface area contributed by atoms with E-state index in [-0.39, 0.29) is 12.3 Å². The standard InChI is InChI=1S/C11H9F2NO3/c1-14-8-3-2-7(11(12,13)10(16)17)4-6(8)5-9(14)15/h2-4H,5H2,1H3,(H,16,17). The zero-order chi connectivity index (χ0) is 12.8. The van der Waals surface area contributed by atoms with Crippen LogP contribution in [0.1, 0.15) is 11.1 Å². The average molecular weight is 241 g/mol. The molecule has 0 aromatic heterocycles. The third kappa shape index (κ3) is 1.65. The van der Waals surface area contributed by atoms with Crippen molar-refractivity contribution in [2.45, 2.75) is 12.3 Å². The molecular weight excluding hydrogens is 232 g/mol. The van der Waals surface area contributed by atoms with Gasteiger partial charge in [-0.25, -0.2) is 4.79 Å². The number of fused-ring (bicyclic) bond motifs is 1. The zero-order valence-electron chi connectivity index (χ0n) is 8.91. The van der Waals surface area contributed by atoms with Gasteiger partial charge in [0.25, 0.3) is 0 Å². The van der Waals surface area contributed by atoms with E-state index in [1.807, 2.05) is 0 Å². The number of halogens is 2. The quantitative estimate of drug-likeness (QED) is 0.851. The highest BCUT2D eigenvalue weighted by Gasteiger charge is 2.42. The van der Waals surface area contributed by atoms with Gasteiger partial charge in [0, 0.05) is 18.3 Å². The molecule has 1 aliphatic rings. The Morgan fingerprint density at radius 2 is 2.12 bits per heavy atom. The van der Waals surface area contributed by atoms with E-state index in [0.717, 1.165) is 12.1 Å². The minimum absolute atomic E-state index is 0.0232. The number of likely N-dealkylation sites (N-methyl/N-ethyl adjacent to an activating group) is 1. The van der Waals surface area contributed by atoms with Crippen LogP contribution in [0.4, 0.5) is 14.5 Å². The van der Waals surface area contributed by atoms with Gasteiger partial charge < -0.3 is 10.0 Å². The van der Waals surface area contributed by atoms with Crippen LogP contribution in [0.3, 0.4) is 0 Å². The number of amides is 1. The average Bonchev–Trinajstić information content (AvgIpc) is 2.54. The van der Waals surface area contributed by atoms with Gasteiger partial charge in [0.05, 0.1) is 6.42 Å². The molecule has 0 bridgehead atoms. The summed E-state index contributed by atoms with van der Waals surface area (Å²) in [7, 11) is 1.54. The molecule has 6 heteroatoms. The van der Waals surface area contributed by atoms with E-state index in [0.29, 0.717) is 11.3 Å². The number of nitrogens with zero attached hydrogens (tertiary/aromatic N) is 1. The summed E-state index contributed by atoms with van der Waals surface area (Å²) in [5, 5.41) is 8.42. The molecule has 1 amide bonds. The third-order valence-electron chi connectivity index (χ3n) is 2.79. The second kappa shape index (κ2) is 3.51. The maximum absolute atomic E-state index is 13.2. The Balaban J connectivity index is 2.47. The fraction of sp³-hybridized carbons (Fsp3) is 0.273. The van der Waals surface area contributed by atoms with Gasteiger partial charge in [-0.05, 0) is 17.7 Å². The first-order valence-corrected chi connectivity index (χ1v) is 4.85. The van der Waals surface area contributed by atoms with Gasteiger partial charge in [0.2, 0.25) is 5.91 Å². The van der Waals surface area contributed by atoms with E-state index in [1.54, 1.807) is 7.05 Å². The van der Waals surface area contributed by atoms with E-state index in [4.69, 9.17) is 5.11 Å². The van der Waals surface area contributed by atoms with Crippen LogP contribution in [0.5, 0.6) is 0 Å². The van der Waals surface area contributed by atoms with Gasteiger partial charge in [-0.2, -0.15) is 8.78 Å². The van der Waals surface area contributed by atoms with Crippen molar-refractivity contribution in [3.05, 3.63) is 29.3 Å². The van der Waals surface area contributed by atoms with Crippen LogP contribution in [0, 0.1) is 0 Å². The molecule has 17 heavy (non-hydrogen) atoms. The topological polar surface area (TPSA) is 57.6 Å². The van der Waals surface area contributed by atoms with E-state index in [9.17, 15) is 18.4 Å². The second-order valence-corrected chi connectivity index (χ2v) is 3.85. The van der Waals surface area contributed by atoms with Crippen LogP contribution in [0.25, 0.3) is 0 Å². The number of carboxylic acids is 1. The molecule has 0 spiro atoms. The molecule has 1 aliphatic heterocycles. The van der Waals surface area contributed by atoms with Crippen LogP contribution in [0.2, 0.25) is 0 Å². The SMILES string of the molecule is CN1C(=O)Cc2cc(C(F)(F)C(=O)O)ccc21. The van der Waals surface area contributed by atoms with E-state index >= 15 is 0 Å². The summed E-state index contributed by atoms with van der Waals surface area (Å²) in [5.74, 6) is -6.33. The molecule has 0 fully saturated rings. The van der Waals surface area contributed by atoms with Crippen molar-refractivity contribution in [2.75, 3.05) is 11.9 Å². The highest BCUT2D eigenvalue weighted by molar-refractivity contribution is 6.01. The Morgan fingerprint density at radius 3 is 2.71 bits per heavy atom. The lowest BCUT2D eigenvalue weighted by molar-refractivity contribution is -0.166. The Kier molecular flexibility index (Phi) is 2.38. The van der Waals surface area contributed by atoms with Crippen molar-refractivity contribution in [3.8, 4) is 0 Å². The van der Waals surface area contributed by atoms with Gasteiger partial charge in [-0.3, -0.25) is 4.79 Å². The monoisotopic (exact) mass is 241 g/mol. The Bertz CT molecular complexity index is 513. The van der Waals surface area contributed by atoms with Crippen LogP contribution in [-0.4, -0.2) is 24.0 Å². The van der Waals surface area contributed by atoms with E-state index in [1.165, 1.54) is 11.0 Å². The summed E-state index contributed by atoms with van der Waals surface area (Å²) in [5.41, 5.74) is 0.364. The molecular formula is C11H9F2NO3. The normalized spacial score (nSPS) is 15.0. The van der Waals surface area contributed by atoms with E-state index < -0.39 is 17.5 Å². The first kappa shape index (κ1) is 11.5. The summed E-state index contributed by atoms with van der Waals surface area (Å²) in [6, 6.07) is 3.44. The van der Waals surface area contributed by atoms with Gasteiger partial charge in [-0.15, -0.1) is 0 Å². The van der Waals surface area contributed by atoms with Crippen molar-refractivity contribution in [3.63, 3.8) is 0 Å². The number of benzene rings is 1. The molecule has 0 radical (unpaired) electrons. The molecule has 0 unspecified atom stereocenters. The highest BCUT2D eigenvalue weighted by atomic mass is 19.3.